The van der Waals surface area contributed by atoms with E-state index in [1.165, 1.54) is 23.0 Å². The van der Waals surface area contributed by atoms with Crippen molar-refractivity contribution in [3.63, 3.8) is 0 Å². The molecule has 0 unspecified atom stereocenters. The molecule has 0 bridgehead atoms. The molecule has 3 heterocycles. The van der Waals surface area contributed by atoms with E-state index in [1.54, 1.807) is 19.1 Å². The maximum absolute atomic E-state index is 10.7. The van der Waals surface area contributed by atoms with Crippen LogP contribution in [-0.4, -0.2) is 53.0 Å². The molecule has 0 spiro atoms. The molecule has 2 N–H and O–H groups in total. The molecule has 1 aromatic carbocycles. The minimum absolute atomic E-state index is 0.0218. The number of hydrogen-bond donors (Lipinski definition) is 2. The molecule has 1 fully saturated rings. The van der Waals surface area contributed by atoms with Crippen molar-refractivity contribution in [2.75, 3.05) is 0 Å². The number of ether oxygens (including phenoxy) is 2. The van der Waals surface area contributed by atoms with Crippen LogP contribution in [0.1, 0.15) is 18.7 Å². The zero-order chi connectivity index (χ0) is 20.7. The van der Waals surface area contributed by atoms with Gasteiger partial charge in [0.1, 0.15) is 18.8 Å². The van der Waals surface area contributed by atoms with Gasteiger partial charge in [0.25, 0.3) is 5.69 Å². The zero-order valence-electron chi connectivity index (χ0n) is 15.0. The predicted molar refractivity (Wildman–Crippen MR) is 99.4 cm³/mol. The molecule has 4 atom stereocenters. The number of nitrogens with zero attached hydrogens (tertiary/aromatic N) is 5. The Morgan fingerprint density at radius 2 is 2.00 bits per heavy atom. The third kappa shape index (κ3) is 3.60. The van der Waals surface area contributed by atoms with Gasteiger partial charge in [0, 0.05) is 12.1 Å². The molecule has 1 aliphatic rings. The van der Waals surface area contributed by atoms with E-state index in [4.69, 9.17) is 21.1 Å². The fourth-order valence-electron chi connectivity index (χ4n) is 3.08. The van der Waals surface area contributed by atoms with Gasteiger partial charge in [0.15, 0.2) is 17.4 Å². The van der Waals surface area contributed by atoms with Crippen molar-refractivity contribution >= 4 is 28.5 Å². The number of aromatic nitrogens is 4. The first-order chi connectivity index (χ1) is 13.8. The summed E-state index contributed by atoms with van der Waals surface area (Å²) in [5, 5.41) is 30.8. The van der Waals surface area contributed by atoms with Gasteiger partial charge in [0.2, 0.25) is 11.2 Å². The van der Waals surface area contributed by atoms with Crippen molar-refractivity contribution in [1.82, 2.24) is 19.5 Å². The van der Waals surface area contributed by atoms with Gasteiger partial charge < -0.3 is 19.7 Å². The minimum atomic E-state index is -1.17. The summed E-state index contributed by atoms with van der Waals surface area (Å²) >= 11 is 6.02. The van der Waals surface area contributed by atoms with Crippen LogP contribution in [0.25, 0.3) is 11.2 Å². The summed E-state index contributed by atoms with van der Waals surface area (Å²) in [6, 6.07) is 5.90. The lowest BCUT2D eigenvalue weighted by atomic mass is 10.1. The van der Waals surface area contributed by atoms with Gasteiger partial charge in [-0.05, 0) is 36.2 Å². The smallest absolute Gasteiger partial charge is 0.269 e. The maximum atomic E-state index is 10.7. The lowest BCUT2D eigenvalue weighted by Crippen LogP contribution is -2.30. The van der Waals surface area contributed by atoms with Crippen LogP contribution in [0, 0.1) is 10.1 Å². The topological polar surface area (TPSA) is 146 Å². The highest BCUT2D eigenvalue weighted by molar-refractivity contribution is 6.28. The lowest BCUT2D eigenvalue weighted by molar-refractivity contribution is -0.384. The summed E-state index contributed by atoms with van der Waals surface area (Å²) in [5.74, 6) is 0.109. The van der Waals surface area contributed by atoms with E-state index < -0.39 is 29.5 Å². The fraction of sp³-hybridized carbons (Fsp3) is 0.353. The SMILES string of the molecule is C[C@H]1O[C@@H](n2cnc3c(OCc4ccc([N+](=O)[O-])cc4)nc(Cl)nc32)[C@H](O)[C@@H]1O. The molecule has 0 saturated carbocycles. The molecule has 4 rings (SSSR count). The molecule has 0 radical (unpaired) electrons. The van der Waals surface area contributed by atoms with Crippen LogP contribution in [0.4, 0.5) is 5.69 Å². The van der Waals surface area contributed by atoms with Crippen molar-refractivity contribution in [3.05, 3.63) is 51.6 Å². The number of imidazole rings is 1. The van der Waals surface area contributed by atoms with Crippen molar-refractivity contribution in [2.24, 2.45) is 0 Å². The van der Waals surface area contributed by atoms with E-state index in [9.17, 15) is 20.3 Å². The van der Waals surface area contributed by atoms with Crippen LogP contribution < -0.4 is 4.74 Å². The Morgan fingerprint density at radius 1 is 1.28 bits per heavy atom. The molecule has 0 amide bonds. The van der Waals surface area contributed by atoms with Gasteiger partial charge in [-0.15, -0.1) is 0 Å². The van der Waals surface area contributed by atoms with Crippen LogP contribution in [-0.2, 0) is 11.3 Å². The molecule has 1 saturated heterocycles. The minimum Gasteiger partial charge on any atom is -0.471 e. The predicted octanol–water partition coefficient (Wildman–Crippen LogP) is 1.61. The van der Waals surface area contributed by atoms with Crippen LogP contribution in [0.3, 0.4) is 0 Å². The number of benzene rings is 1. The number of fused-ring (bicyclic) bond motifs is 1. The maximum Gasteiger partial charge on any atom is 0.269 e. The van der Waals surface area contributed by atoms with Crippen LogP contribution >= 0.6 is 11.6 Å². The van der Waals surface area contributed by atoms with Crippen molar-refractivity contribution in [3.8, 4) is 5.88 Å². The van der Waals surface area contributed by atoms with Crippen molar-refractivity contribution in [1.29, 1.82) is 0 Å². The van der Waals surface area contributed by atoms with Gasteiger partial charge >= 0.3 is 0 Å². The first kappa shape index (κ1) is 19.5. The van der Waals surface area contributed by atoms with Crippen LogP contribution in [0.5, 0.6) is 5.88 Å². The standard InChI is InChI=1S/C17H16ClN5O6/c1-8-12(24)13(25)16(29-8)22-7-19-11-14(22)20-17(18)21-15(11)28-6-9-2-4-10(5-3-9)23(26)27/h2-5,7-8,12-13,16,24-25H,6H2,1H3/t8-,12-,13-,16-/m1/s1. The molecule has 152 valence electrons. The number of rotatable bonds is 5. The average Bonchev–Trinajstić information content (AvgIpc) is 3.22. The Balaban J connectivity index is 1.61. The van der Waals surface area contributed by atoms with Gasteiger partial charge in [-0.3, -0.25) is 14.7 Å². The molecule has 0 aliphatic carbocycles. The second-order valence-electron chi connectivity index (χ2n) is 6.55. The van der Waals surface area contributed by atoms with Crippen molar-refractivity contribution in [2.45, 2.75) is 38.1 Å². The van der Waals surface area contributed by atoms with Gasteiger partial charge in [-0.25, -0.2) is 4.98 Å². The molecule has 3 aromatic rings. The highest BCUT2D eigenvalue weighted by Crippen LogP contribution is 2.33. The second-order valence-corrected chi connectivity index (χ2v) is 6.89. The second kappa shape index (κ2) is 7.52. The Hall–Kier alpha value is -2.86. The van der Waals surface area contributed by atoms with E-state index in [2.05, 4.69) is 15.0 Å². The largest absolute Gasteiger partial charge is 0.471 e. The third-order valence-corrected chi connectivity index (χ3v) is 4.81. The zero-order valence-corrected chi connectivity index (χ0v) is 15.8. The monoisotopic (exact) mass is 421 g/mol. The summed E-state index contributed by atoms with van der Waals surface area (Å²) in [7, 11) is 0. The molecule has 2 aromatic heterocycles. The number of aliphatic hydroxyl groups is 2. The summed E-state index contributed by atoms with van der Waals surface area (Å²) in [6.07, 6.45) is -2.28. The molecule has 1 aliphatic heterocycles. The molecular weight excluding hydrogens is 406 g/mol. The summed E-state index contributed by atoms with van der Waals surface area (Å²) in [6.45, 7) is 1.72. The summed E-state index contributed by atoms with van der Waals surface area (Å²) < 4.78 is 12.8. The Morgan fingerprint density at radius 3 is 2.62 bits per heavy atom. The van der Waals surface area contributed by atoms with E-state index in [-0.39, 0.29) is 29.1 Å². The number of aliphatic hydroxyl groups excluding tert-OH is 2. The van der Waals surface area contributed by atoms with E-state index >= 15 is 0 Å². The third-order valence-electron chi connectivity index (χ3n) is 4.64. The van der Waals surface area contributed by atoms with Gasteiger partial charge in [0.05, 0.1) is 17.4 Å². The highest BCUT2D eigenvalue weighted by atomic mass is 35.5. The molecular formula is C17H16ClN5O6. The Kier molecular flexibility index (Phi) is 5.04. The fourth-order valence-corrected chi connectivity index (χ4v) is 3.23. The number of halogens is 1. The highest BCUT2D eigenvalue weighted by Gasteiger charge is 2.42. The van der Waals surface area contributed by atoms with E-state index in [1.807, 2.05) is 0 Å². The van der Waals surface area contributed by atoms with E-state index in [0.29, 0.717) is 11.1 Å². The first-order valence-electron chi connectivity index (χ1n) is 8.63. The number of hydrogen-bond acceptors (Lipinski definition) is 9. The summed E-state index contributed by atoms with van der Waals surface area (Å²) in [5.41, 5.74) is 1.23. The van der Waals surface area contributed by atoms with Crippen LogP contribution in [0.2, 0.25) is 5.28 Å². The Bertz CT molecular complexity index is 1060. The average molecular weight is 422 g/mol. The van der Waals surface area contributed by atoms with Gasteiger partial charge in [-0.2, -0.15) is 9.97 Å². The normalized spacial score (nSPS) is 24.1. The summed E-state index contributed by atoms with van der Waals surface area (Å²) in [4.78, 5) is 22.7. The van der Waals surface area contributed by atoms with E-state index in [0.717, 1.165) is 0 Å². The number of non-ortho nitro benzene ring substituents is 1. The number of nitro groups is 1. The quantitative estimate of drug-likeness (QED) is 0.356. The first-order valence-corrected chi connectivity index (χ1v) is 9.00. The lowest BCUT2D eigenvalue weighted by Gasteiger charge is -2.16. The van der Waals surface area contributed by atoms with Crippen LogP contribution in [0.15, 0.2) is 30.6 Å². The molecule has 12 heteroatoms. The van der Waals surface area contributed by atoms with Gasteiger partial charge in [-0.1, -0.05) is 0 Å². The Labute approximate surface area is 168 Å². The van der Waals surface area contributed by atoms with Crippen molar-refractivity contribution < 1.29 is 24.6 Å². The molecule has 29 heavy (non-hydrogen) atoms. The molecule has 11 nitrogen and oxygen atoms in total. The number of nitro benzene ring substituents is 1.